The molecule has 1 unspecified atom stereocenters. The molecule has 2 aromatic rings. The average molecular weight is 351 g/mol. The van der Waals surface area contributed by atoms with Crippen LogP contribution in [-0.2, 0) is 15.6 Å². The number of esters is 1. The van der Waals surface area contributed by atoms with Crippen molar-refractivity contribution in [3.8, 4) is 5.75 Å². The van der Waals surface area contributed by atoms with Crippen LogP contribution in [0.3, 0.4) is 0 Å². The van der Waals surface area contributed by atoms with Crippen LogP contribution in [0, 0.1) is 13.8 Å². The number of hydrogen-bond acceptors (Lipinski definition) is 2. The largest absolute Gasteiger partial charge is 0.425 e. The fraction of sp³-hybridized carbons (Fsp3) is 0.458. The molecule has 1 aliphatic heterocycles. The highest BCUT2D eigenvalue weighted by atomic mass is 16.5. The number of rotatable bonds is 1. The van der Waals surface area contributed by atoms with Crippen molar-refractivity contribution in [2.45, 2.75) is 72.1 Å². The van der Waals surface area contributed by atoms with E-state index in [4.69, 9.17) is 4.74 Å². The Kier molecular flexibility index (Phi) is 4.29. The van der Waals surface area contributed by atoms with Crippen molar-refractivity contribution < 1.29 is 9.53 Å². The van der Waals surface area contributed by atoms with E-state index in [1.54, 1.807) is 0 Å². The van der Waals surface area contributed by atoms with Crippen LogP contribution in [0.4, 0.5) is 0 Å². The zero-order chi connectivity index (χ0) is 19.4. The molecule has 138 valence electrons. The van der Waals surface area contributed by atoms with E-state index in [2.05, 4.69) is 79.7 Å². The molecule has 0 N–H and O–H groups in total. The Labute approximate surface area is 157 Å². The van der Waals surface area contributed by atoms with Crippen molar-refractivity contribution in [3.63, 3.8) is 0 Å². The van der Waals surface area contributed by atoms with Gasteiger partial charge in [0.1, 0.15) is 11.7 Å². The van der Waals surface area contributed by atoms with E-state index in [0.29, 0.717) is 0 Å². The Morgan fingerprint density at radius 1 is 0.846 bits per heavy atom. The van der Waals surface area contributed by atoms with Crippen LogP contribution in [-0.4, -0.2) is 5.97 Å². The lowest BCUT2D eigenvalue weighted by atomic mass is 9.74. The minimum absolute atomic E-state index is 0.00188. The molecular formula is C24H30O2. The lowest BCUT2D eigenvalue weighted by Gasteiger charge is -2.28. The number of carbonyl (C=O) groups is 1. The van der Waals surface area contributed by atoms with E-state index in [-0.39, 0.29) is 22.7 Å². The number of hydrogen-bond donors (Lipinski definition) is 0. The summed E-state index contributed by atoms with van der Waals surface area (Å²) in [6, 6.07) is 10.5. The molecule has 0 aromatic heterocycles. The average Bonchev–Trinajstić information content (AvgIpc) is 2.80. The molecule has 0 radical (unpaired) electrons. The number of fused-ring (bicyclic) bond motifs is 1. The van der Waals surface area contributed by atoms with E-state index in [1.807, 2.05) is 6.07 Å². The topological polar surface area (TPSA) is 26.3 Å². The number of carbonyl (C=O) groups excluding carboxylic acids is 1. The highest BCUT2D eigenvalue weighted by Gasteiger charge is 2.41. The molecule has 2 aromatic carbocycles. The van der Waals surface area contributed by atoms with Crippen LogP contribution in [0.15, 0.2) is 30.3 Å². The summed E-state index contributed by atoms with van der Waals surface area (Å²) >= 11 is 0. The fourth-order valence-electron chi connectivity index (χ4n) is 3.89. The van der Waals surface area contributed by atoms with E-state index in [1.165, 1.54) is 11.1 Å². The summed E-state index contributed by atoms with van der Waals surface area (Å²) in [7, 11) is 0. The van der Waals surface area contributed by atoms with Gasteiger partial charge in [-0.2, -0.15) is 0 Å². The van der Waals surface area contributed by atoms with Gasteiger partial charge in [-0.3, -0.25) is 4.79 Å². The Balaban J connectivity index is 2.33. The minimum atomic E-state index is -0.338. The summed E-state index contributed by atoms with van der Waals surface area (Å²) < 4.78 is 5.82. The number of aryl methyl sites for hydroxylation is 2. The van der Waals surface area contributed by atoms with Crippen molar-refractivity contribution in [3.05, 3.63) is 63.7 Å². The zero-order valence-electron chi connectivity index (χ0n) is 17.3. The van der Waals surface area contributed by atoms with Gasteiger partial charge in [0.05, 0.1) is 0 Å². The molecule has 0 amide bonds. The first-order valence-corrected chi connectivity index (χ1v) is 9.38. The lowest BCUT2D eigenvalue weighted by Crippen LogP contribution is -2.20. The van der Waals surface area contributed by atoms with E-state index >= 15 is 0 Å². The molecule has 1 aliphatic rings. The van der Waals surface area contributed by atoms with Crippen molar-refractivity contribution in [2.75, 3.05) is 0 Å². The smallest absolute Gasteiger partial charge is 0.323 e. The standard InChI is InChI=1S/C24H30O2/c1-14-10-9-11-15(2)19(14)21-20-17(24(6,7)8)12-16(23(3,4)5)13-18(20)26-22(21)25/h9-13,21H,1-8H3. The molecule has 0 bridgehead atoms. The highest BCUT2D eigenvalue weighted by Crippen LogP contribution is 2.48. The Morgan fingerprint density at radius 2 is 1.42 bits per heavy atom. The second-order valence-corrected chi connectivity index (χ2v) is 9.60. The highest BCUT2D eigenvalue weighted by molar-refractivity contribution is 5.91. The maximum Gasteiger partial charge on any atom is 0.323 e. The molecule has 1 heterocycles. The van der Waals surface area contributed by atoms with Crippen LogP contribution < -0.4 is 4.74 Å². The third-order valence-electron chi connectivity index (χ3n) is 5.38. The third-order valence-corrected chi connectivity index (χ3v) is 5.38. The van der Waals surface area contributed by atoms with Crippen molar-refractivity contribution in [1.82, 2.24) is 0 Å². The molecule has 2 nitrogen and oxygen atoms in total. The van der Waals surface area contributed by atoms with Gasteiger partial charge >= 0.3 is 5.97 Å². The Hall–Kier alpha value is -2.09. The van der Waals surface area contributed by atoms with Crippen LogP contribution in [0.5, 0.6) is 5.75 Å². The van der Waals surface area contributed by atoms with E-state index in [0.717, 1.165) is 28.0 Å². The molecule has 26 heavy (non-hydrogen) atoms. The van der Waals surface area contributed by atoms with Gasteiger partial charge in [-0.25, -0.2) is 0 Å². The molecule has 0 saturated heterocycles. The first-order chi connectivity index (χ1) is 11.9. The van der Waals surface area contributed by atoms with Crippen LogP contribution >= 0.6 is 0 Å². The summed E-state index contributed by atoms with van der Waals surface area (Å²) in [5.74, 6) is 0.239. The first-order valence-electron chi connectivity index (χ1n) is 9.38. The Bertz CT molecular complexity index is 856. The summed E-state index contributed by atoms with van der Waals surface area (Å²) in [4.78, 5) is 13.0. The monoisotopic (exact) mass is 350 g/mol. The summed E-state index contributed by atoms with van der Waals surface area (Å²) in [5, 5.41) is 0. The first kappa shape index (κ1) is 18.7. The van der Waals surface area contributed by atoms with Crippen LogP contribution in [0.1, 0.15) is 80.8 Å². The van der Waals surface area contributed by atoms with Crippen molar-refractivity contribution in [1.29, 1.82) is 0 Å². The Morgan fingerprint density at radius 3 is 1.92 bits per heavy atom. The second-order valence-electron chi connectivity index (χ2n) is 9.60. The zero-order valence-corrected chi connectivity index (χ0v) is 17.3. The molecule has 1 atom stereocenters. The molecule has 0 fully saturated rings. The molecule has 3 rings (SSSR count). The predicted molar refractivity (Wildman–Crippen MR) is 107 cm³/mol. The van der Waals surface area contributed by atoms with Gasteiger partial charge in [0, 0.05) is 5.56 Å². The molecule has 0 saturated carbocycles. The van der Waals surface area contributed by atoms with Crippen molar-refractivity contribution in [2.24, 2.45) is 0 Å². The van der Waals surface area contributed by atoms with Gasteiger partial charge in [-0.15, -0.1) is 0 Å². The van der Waals surface area contributed by atoms with E-state index in [9.17, 15) is 4.79 Å². The van der Waals surface area contributed by atoms with Gasteiger partial charge in [-0.1, -0.05) is 65.8 Å². The minimum Gasteiger partial charge on any atom is -0.425 e. The number of benzene rings is 2. The van der Waals surface area contributed by atoms with Gasteiger partial charge in [0.2, 0.25) is 0 Å². The summed E-state index contributed by atoms with van der Waals surface area (Å²) in [6.45, 7) is 17.4. The maximum atomic E-state index is 13.0. The summed E-state index contributed by atoms with van der Waals surface area (Å²) in [6.07, 6.45) is 0. The van der Waals surface area contributed by atoms with E-state index < -0.39 is 0 Å². The van der Waals surface area contributed by atoms with Gasteiger partial charge in [0.15, 0.2) is 0 Å². The molecule has 0 aliphatic carbocycles. The summed E-state index contributed by atoms with van der Waals surface area (Å²) in [5.41, 5.74) is 6.75. The van der Waals surface area contributed by atoms with Gasteiger partial charge in [0.25, 0.3) is 0 Å². The van der Waals surface area contributed by atoms with Crippen LogP contribution in [0.2, 0.25) is 0 Å². The van der Waals surface area contributed by atoms with Crippen LogP contribution in [0.25, 0.3) is 0 Å². The van der Waals surface area contributed by atoms with Crippen molar-refractivity contribution >= 4 is 5.97 Å². The quantitative estimate of drug-likeness (QED) is 0.469. The fourth-order valence-corrected chi connectivity index (χ4v) is 3.89. The lowest BCUT2D eigenvalue weighted by molar-refractivity contribution is -0.133. The SMILES string of the molecule is Cc1cccc(C)c1C1C(=O)Oc2cc(C(C)(C)C)cc(C(C)(C)C)c21. The predicted octanol–water partition coefficient (Wildman–Crippen LogP) is 5.95. The van der Waals surface area contributed by atoms with Gasteiger partial charge < -0.3 is 4.74 Å². The maximum absolute atomic E-state index is 13.0. The third kappa shape index (κ3) is 3.06. The van der Waals surface area contributed by atoms with Gasteiger partial charge in [-0.05, 0) is 58.6 Å². The normalized spacial score (nSPS) is 17.2. The number of ether oxygens (including phenoxy) is 1. The molecule has 0 spiro atoms. The second kappa shape index (κ2) is 5.97. The molecule has 2 heteroatoms. The molecular weight excluding hydrogens is 320 g/mol.